The van der Waals surface area contributed by atoms with E-state index in [1.54, 1.807) is 6.92 Å². The van der Waals surface area contributed by atoms with Crippen molar-refractivity contribution in [2.75, 3.05) is 0 Å². The summed E-state index contributed by atoms with van der Waals surface area (Å²) in [7, 11) is 0. The molecule has 3 nitrogen and oxygen atoms in total. The summed E-state index contributed by atoms with van der Waals surface area (Å²) in [5, 5.41) is 2.57. The number of hydrogen-bond acceptors (Lipinski definition) is 3. The van der Waals surface area contributed by atoms with E-state index in [0.29, 0.717) is 11.3 Å². The predicted octanol–water partition coefficient (Wildman–Crippen LogP) is 3.32. The number of hydrogen-bond donors (Lipinski definition) is 0. The van der Waals surface area contributed by atoms with Gasteiger partial charge in [0.2, 0.25) is 0 Å². The lowest BCUT2D eigenvalue weighted by atomic mass is 10.2. The average Bonchev–Trinajstić information content (AvgIpc) is 2.09. The Morgan fingerprint density at radius 2 is 2.07 bits per heavy atom. The van der Waals surface area contributed by atoms with Crippen LogP contribution in [0.25, 0.3) is 0 Å². The van der Waals surface area contributed by atoms with Crippen LogP contribution in [0.15, 0.2) is 17.3 Å². The zero-order chi connectivity index (χ0) is 10.7. The van der Waals surface area contributed by atoms with E-state index in [9.17, 15) is 9.30 Å². The lowest BCUT2D eigenvalue weighted by Gasteiger charge is -2.12. The third-order valence-corrected chi connectivity index (χ3v) is 1.71. The van der Waals surface area contributed by atoms with Crippen LogP contribution >= 0.6 is 0 Å². The Bertz CT molecular complexity index is 350. The average molecular weight is 197 g/mol. The lowest BCUT2D eigenvalue weighted by Crippen LogP contribution is -2.06. The van der Waals surface area contributed by atoms with Crippen LogP contribution in [0.4, 0.5) is 10.1 Å². The molecule has 76 valence electrons. The van der Waals surface area contributed by atoms with Crippen molar-refractivity contribution in [1.82, 2.24) is 0 Å². The van der Waals surface area contributed by atoms with E-state index in [-0.39, 0.29) is 11.8 Å². The number of nitrogens with zero attached hydrogens (tertiary/aromatic N) is 1. The maximum atomic E-state index is 13.0. The Labute approximate surface area is 81.9 Å². The zero-order valence-corrected chi connectivity index (χ0v) is 8.37. The van der Waals surface area contributed by atoms with Gasteiger partial charge in [0.1, 0.15) is 11.4 Å². The normalized spacial score (nSPS) is 10.4. The fraction of sp³-hybridized carbons (Fsp3) is 0.400. The van der Waals surface area contributed by atoms with E-state index >= 15 is 0 Å². The predicted molar refractivity (Wildman–Crippen MR) is 52.4 cm³/mol. The summed E-state index contributed by atoms with van der Waals surface area (Å²) in [5.74, 6) is -0.121. The minimum Gasteiger partial charge on any atom is -0.491 e. The molecule has 0 saturated heterocycles. The van der Waals surface area contributed by atoms with Crippen LogP contribution < -0.4 is 4.74 Å². The number of aryl methyl sites for hydroxylation is 1. The largest absolute Gasteiger partial charge is 0.491 e. The topological polar surface area (TPSA) is 38.7 Å². The summed E-state index contributed by atoms with van der Waals surface area (Å²) in [6.45, 7) is 5.43. The molecular formula is C10H12FNO2. The molecule has 0 radical (unpaired) electrons. The van der Waals surface area contributed by atoms with E-state index in [0.717, 1.165) is 0 Å². The fourth-order valence-corrected chi connectivity index (χ4v) is 1.09. The Morgan fingerprint density at radius 1 is 1.43 bits per heavy atom. The first kappa shape index (κ1) is 10.6. The van der Waals surface area contributed by atoms with Gasteiger partial charge in [-0.3, -0.25) is 0 Å². The number of nitroso groups, excluding NO2 is 1. The Kier molecular flexibility index (Phi) is 3.17. The van der Waals surface area contributed by atoms with Gasteiger partial charge in [0, 0.05) is 6.07 Å². The van der Waals surface area contributed by atoms with Crippen LogP contribution in [0.1, 0.15) is 19.4 Å². The summed E-state index contributed by atoms with van der Waals surface area (Å²) >= 11 is 0. The molecule has 0 amide bonds. The molecular weight excluding hydrogens is 185 g/mol. The van der Waals surface area contributed by atoms with Gasteiger partial charge >= 0.3 is 0 Å². The van der Waals surface area contributed by atoms with Crippen LogP contribution in [0.5, 0.6) is 5.75 Å². The van der Waals surface area contributed by atoms with Crippen molar-refractivity contribution in [3.63, 3.8) is 0 Å². The van der Waals surface area contributed by atoms with E-state index in [1.165, 1.54) is 12.1 Å². The third-order valence-electron chi connectivity index (χ3n) is 1.71. The third kappa shape index (κ3) is 2.28. The van der Waals surface area contributed by atoms with Gasteiger partial charge in [0.15, 0.2) is 5.82 Å². The summed E-state index contributed by atoms with van der Waals surface area (Å²) in [5.41, 5.74) is 0.440. The highest BCUT2D eigenvalue weighted by Gasteiger charge is 2.09. The quantitative estimate of drug-likeness (QED) is 0.697. The molecule has 0 aliphatic rings. The van der Waals surface area contributed by atoms with Crippen molar-refractivity contribution < 1.29 is 9.13 Å². The highest BCUT2D eigenvalue weighted by atomic mass is 19.1. The molecule has 0 aliphatic heterocycles. The lowest BCUT2D eigenvalue weighted by molar-refractivity contribution is 0.240. The van der Waals surface area contributed by atoms with Crippen LogP contribution in [-0.4, -0.2) is 6.10 Å². The van der Waals surface area contributed by atoms with Gasteiger partial charge in [-0.05, 0) is 37.6 Å². The van der Waals surface area contributed by atoms with Gasteiger partial charge in [0.05, 0.1) is 6.10 Å². The maximum Gasteiger partial charge on any atom is 0.152 e. The van der Waals surface area contributed by atoms with E-state index < -0.39 is 5.82 Å². The Balaban J connectivity index is 3.10. The van der Waals surface area contributed by atoms with Crippen molar-refractivity contribution in [2.45, 2.75) is 26.9 Å². The Morgan fingerprint density at radius 3 is 2.57 bits per heavy atom. The number of halogens is 1. The molecule has 0 aromatic heterocycles. The van der Waals surface area contributed by atoms with Gasteiger partial charge < -0.3 is 4.74 Å². The molecule has 0 atom stereocenters. The molecule has 0 unspecified atom stereocenters. The van der Waals surface area contributed by atoms with Gasteiger partial charge in [0.25, 0.3) is 0 Å². The molecule has 0 saturated carbocycles. The summed E-state index contributed by atoms with van der Waals surface area (Å²) in [4.78, 5) is 10.2. The first-order valence-corrected chi connectivity index (χ1v) is 4.34. The molecule has 4 heteroatoms. The monoisotopic (exact) mass is 197 g/mol. The van der Waals surface area contributed by atoms with Gasteiger partial charge in [-0.15, -0.1) is 4.91 Å². The second kappa shape index (κ2) is 4.17. The molecule has 0 fully saturated rings. The number of ether oxygens (including phenoxy) is 1. The summed E-state index contributed by atoms with van der Waals surface area (Å²) in [6, 6.07) is 2.56. The van der Waals surface area contributed by atoms with Crippen LogP contribution in [0, 0.1) is 17.6 Å². The summed E-state index contributed by atoms with van der Waals surface area (Å²) < 4.78 is 18.4. The molecule has 1 aromatic carbocycles. The van der Waals surface area contributed by atoms with Gasteiger partial charge in [-0.1, -0.05) is 0 Å². The van der Waals surface area contributed by atoms with E-state index in [1.807, 2.05) is 13.8 Å². The van der Waals surface area contributed by atoms with Crippen LogP contribution in [-0.2, 0) is 0 Å². The smallest absolute Gasteiger partial charge is 0.152 e. The molecule has 1 rings (SSSR count). The minimum atomic E-state index is -0.617. The molecule has 0 spiro atoms. The second-order valence-electron chi connectivity index (χ2n) is 3.33. The molecule has 0 heterocycles. The van der Waals surface area contributed by atoms with Crippen molar-refractivity contribution >= 4 is 5.69 Å². The first-order chi connectivity index (χ1) is 6.54. The van der Waals surface area contributed by atoms with Crippen molar-refractivity contribution in [3.05, 3.63) is 28.4 Å². The molecule has 0 N–H and O–H groups in total. The molecule has 0 aliphatic carbocycles. The second-order valence-corrected chi connectivity index (χ2v) is 3.33. The number of rotatable bonds is 3. The van der Waals surface area contributed by atoms with Crippen molar-refractivity contribution in [1.29, 1.82) is 0 Å². The fourth-order valence-electron chi connectivity index (χ4n) is 1.09. The van der Waals surface area contributed by atoms with Crippen LogP contribution in [0.2, 0.25) is 0 Å². The van der Waals surface area contributed by atoms with Gasteiger partial charge in [-0.25, -0.2) is 4.39 Å². The number of benzene rings is 1. The SMILES string of the molecule is Cc1cc(F)c(N=O)cc1OC(C)C. The minimum absolute atomic E-state index is 0.0151. The van der Waals surface area contributed by atoms with Crippen molar-refractivity contribution in [3.8, 4) is 5.75 Å². The standard InChI is InChI=1S/C10H12FNO2/c1-6(2)14-10-5-9(12-13)8(11)4-7(10)3/h4-6H,1-3H3. The van der Waals surface area contributed by atoms with E-state index in [2.05, 4.69) is 5.18 Å². The summed E-state index contributed by atoms with van der Waals surface area (Å²) in [6.07, 6.45) is -0.0151. The van der Waals surface area contributed by atoms with Crippen molar-refractivity contribution in [2.24, 2.45) is 5.18 Å². The highest BCUT2D eigenvalue weighted by molar-refractivity contribution is 5.48. The highest BCUT2D eigenvalue weighted by Crippen LogP contribution is 2.28. The maximum absolute atomic E-state index is 13.0. The first-order valence-electron chi connectivity index (χ1n) is 4.34. The molecule has 1 aromatic rings. The van der Waals surface area contributed by atoms with Crippen LogP contribution in [0.3, 0.4) is 0 Å². The van der Waals surface area contributed by atoms with Gasteiger partial charge in [-0.2, -0.15) is 0 Å². The molecule has 14 heavy (non-hydrogen) atoms. The van der Waals surface area contributed by atoms with E-state index in [4.69, 9.17) is 4.74 Å². The Hall–Kier alpha value is -1.45. The zero-order valence-electron chi connectivity index (χ0n) is 8.37. The molecule has 0 bridgehead atoms.